The van der Waals surface area contributed by atoms with Crippen LogP contribution in [0.15, 0.2) is 41.6 Å². The molecule has 2 amide bonds. The van der Waals surface area contributed by atoms with Gasteiger partial charge in [0, 0.05) is 31.2 Å². The van der Waals surface area contributed by atoms with Gasteiger partial charge in [-0.2, -0.15) is 9.40 Å². The van der Waals surface area contributed by atoms with E-state index in [1.54, 1.807) is 18.3 Å². The first-order valence-corrected chi connectivity index (χ1v) is 13.1. The number of benzene rings is 1. The van der Waals surface area contributed by atoms with Crippen molar-refractivity contribution in [3.05, 3.63) is 36.7 Å². The van der Waals surface area contributed by atoms with Crippen molar-refractivity contribution in [1.29, 1.82) is 0 Å². The Kier molecular flexibility index (Phi) is 7.52. The third-order valence-corrected chi connectivity index (χ3v) is 8.36. The zero-order valence-electron chi connectivity index (χ0n) is 19.3. The minimum Gasteiger partial charge on any atom is -0.497 e. The maximum atomic E-state index is 12.9. The van der Waals surface area contributed by atoms with Crippen molar-refractivity contribution < 1.29 is 22.7 Å². The number of hydrogen-bond donors (Lipinski definition) is 2. The molecule has 1 aliphatic heterocycles. The van der Waals surface area contributed by atoms with E-state index in [4.69, 9.17) is 4.74 Å². The third-order valence-electron chi connectivity index (χ3n) is 6.45. The molecule has 2 N–H and O–H groups in total. The first-order valence-electron chi connectivity index (χ1n) is 11.6. The summed E-state index contributed by atoms with van der Waals surface area (Å²) in [7, 11) is -2.09. The lowest BCUT2D eigenvalue weighted by molar-refractivity contribution is -0.122. The number of hydrogen-bond acceptors (Lipinski definition) is 6. The molecular formula is C23H31N5O5S. The molecule has 10 nitrogen and oxygen atoms in total. The molecule has 0 spiro atoms. The van der Waals surface area contributed by atoms with Gasteiger partial charge < -0.3 is 15.4 Å². The zero-order valence-corrected chi connectivity index (χ0v) is 20.1. The summed E-state index contributed by atoms with van der Waals surface area (Å²) in [6, 6.07) is 6.54. The van der Waals surface area contributed by atoms with E-state index in [1.807, 2.05) is 0 Å². The first kappa shape index (κ1) is 24.2. The van der Waals surface area contributed by atoms with E-state index in [2.05, 4.69) is 15.7 Å². The molecule has 2 aliphatic rings. The fourth-order valence-corrected chi connectivity index (χ4v) is 5.97. The highest BCUT2D eigenvalue weighted by Gasteiger charge is 2.32. The summed E-state index contributed by atoms with van der Waals surface area (Å²) in [4.78, 5) is 25.1. The molecule has 2 aromatic rings. The molecule has 1 saturated carbocycles. The average molecular weight is 490 g/mol. The van der Waals surface area contributed by atoms with Crippen molar-refractivity contribution in [3.8, 4) is 5.75 Å². The molecule has 1 aliphatic carbocycles. The van der Waals surface area contributed by atoms with Gasteiger partial charge in [0.25, 0.3) is 0 Å². The summed E-state index contributed by atoms with van der Waals surface area (Å²) < 4.78 is 33.8. The number of piperidine rings is 1. The van der Waals surface area contributed by atoms with Gasteiger partial charge in [-0.25, -0.2) is 8.42 Å². The van der Waals surface area contributed by atoms with Crippen LogP contribution in [0.2, 0.25) is 0 Å². The van der Waals surface area contributed by atoms with Gasteiger partial charge >= 0.3 is 0 Å². The van der Waals surface area contributed by atoms with Crippen LogP contribution >= 0.6 is 0 Å². The van der Waals surface area contributed by atoms with Crippen LogP contribution in [0.3, 0.4) is 0 Å². The fourth-order valence-electron chi connectivity index (χ4n) is 4.50. The molecule has 1 aromatic carbocycles. The molecule has 184 valence electrons. The lowest BCUT2D eigenvalue weighted by Crippen LogP contribution is -2.41. The highest BCUT2D eigenvalue weighted by Crippen LogP contribution is 2.26. The smallest absolute Gasteiger partial charge is 0.243 e. The Balaban J connectivity index is 1.26. The van der Waals surface area contributed by atoms with Crippen LogP contribution in [0.5, 0.6) is 5.75 Å². The van der Waals surface area contributed by atoms with E-state index in [-0.39, 0.29) is 48.3 Å². The van der Waals surface area contributed by atoms with Crippen molar-refractivity contribution in [2.45, 2.75) is 56.0 Å². The molecule has 0 radical (unpaired) electrons. The first-order chi connectivity index (χ1) is 16.3. The van der Waals surface area contributed by atoms with Gasteiger partial charge in [-0.3, -0.25) is 14.3 Å². The molecular weight excluding hydrogens is 458 g/mol. The molecule has 0 unspecified atom stereocenters. The van der Waals surface area contributed by atoms with Crippen LogP contribution in [0.4, 0.5) is 5.69 Å². The van der Waals surface area contributed by atoms with E-state index in [0.717, 1.165) is 25.7 Å². The van der Waals surface area contributed by atoms with Crippen molar-refractivity contribution in [2.24, 2.45) is 5.92 Å². The maximum Gasteiger partial charge on any atom is 0.243 e. The van der Waals surface area contributed by atoms with Crippen LogP contribution in [0, 0.1) is 5.92 Å². The minimum atomic E-state index is -3.62. The van der Waals surface area contributed by atoms with Crippen LogP contribution < -0.4 is 15.4 Å². The third kappa shape index (κ3) is 5.76. The number of nitrogens with zero attached hydrogens (tertiary/aromatic N) is 3. The Hall–Kier alpha value is -2.92. The van der Waals surface area contributed by atoms with Crippen LogP contribution in [-0.4, -0.2) is 60.6 Å². The summed E-state index contributed by atoms with van der Waals surface area (Å²) in [6.45, 7) is 0.647. The Morgan fingerprint density at radius 3 is 2.41 bits per heavy atom. The Morgan fingerprint density at radius 1 is 1.09 bits per heavy atom. The number of aromatic nitrogens is 2. The van der Waals surface area contributed by atoms with Gasteiger partial charge in [0.2, 0.25) is 21.8 Å². The molecule has 1 saturated heterocycles. The van der Waals surface area contributed by atoms with Gasteiger partial charge in [0.15, 0.2) is 0 Å². The highest BCUT2D eigenvalue weighted by atomic mass is 32.2. The SMILES string of the molecule is COc1ccc(S(=O)(=O)N2CCC(C(=O)Nc3cnn(CC(=O)NC4CCCC4)c3)CC2)cc1. The van der Waals surface area contributed by atoms with Crippen LogP contribution in [0.1, 0.15) is 38.5 Å². The molecule has 34 heavy (non-hydrogen) atoms. The topological polar surface area (TPSA) is 123 Å². The normalized spacial score (nSPS) is 18.0. The summed E-state index contributed by atoms with van der Waals surface area (Å²) in [5, 5.41) is 10.0. The molecule has 4 rings (SSSR count). The molecule has 0 bridgehead atoms. The van der Waals surface area contributed by atoms with Gasteiger partial charge in [-0.15, -0.1) is 0 Å². The lowest BCUT2D eigenvalue weighted by atomic mass is 9.97. The number of sulfonamides is 1. The number of carbonyl (C=O) groups is 2. The number of amides is 2. The molecule has 0 atom stereocenters. The number of anilines is 1. The van der Waals surface area contributed by atoms with Crippen molar-refractivity contribution >= 4 is 27.5 Å². The quantitative estimate of drug-likeness (QED) is 0.585. The van der Waals surface area contributed by atoms with E-state index >= 15 is 0 Å². The second-order valence-electron chi connectivity index (χ2n) is 8.82. The summed E-state index contributed by atoms with van der Waals surface area (Å²) in [6.07, 6.45) is 8.35. The second-order valence-corrected chi connectivity index (χ2v) is 10.8. The number of carbonyl (C=O) groups excluding carboxylic acids is 2. The van der Waals surface area contributed by atoms with Crippen molar-refractivity contribution in [3.63, 3.8) is 0 Å². The van der Waals surface area contributed by atoms with Crippen molar-refractivity contribution in [1.82, 2.24) is 19.4 Å². The van der Waals surface area contributed by atoms with E-state index in [9.17, 15) is 18.0 Å². The standard InChI is InChI=1S/C23H31N5O5S/c1-33-20-6-8-21(9-7-20)34(31,32)28-12-10-17(11-13-28)23(30)26-19-14-24-27(15-19)16-22(29)25-18-4-2-3-5-18/h6-9,14-15,17-18H,2-5,10-13,16H2,1H3,(H,25,29)(H,26,30). The number of methoxy groups -OCH3 is 1. The van der Waals surface area contributed by atoms with E-state index in [0.29, 0.717) is 24.3 Å². The average Bonchev–Trinajstić information content (AvgIpc) is 3.51. The van der Waals surface area contributed by atoms with Gasteiger partial charge in [-0.05, 0) is 49.9 Å². The number of rotatable bonds is 8. The Labute approximate surface area is 199 Å². The molecule has 11 heteroatoms. The summed E-state index contributed by atoms with van der Waals surface area (Å²) in [5.74, 6) is 0.0400. The Bertz CT molecular complexity index is 1100. The van der Waals surface area contributed by atoms with Crippen LogP contribution in [0.25, 0.3) is 0 Å². The Morgan fingerprint density at radius 2 is 1.76 bits per heavy atom. The largest absolute Gasteiger partial charge is 0.497 e. The molecule has 2 heterocycles. The zero-order chi connectivity index (χ0) is 24.1. The van der Waals surface area contributed by atoms with E-state index in [1.165, 1.54) is 34.4 Å². The van der Waals surface area contributed by atoms with Gasteiger partial charge in [0.05, 0.1) is 23.9 Å². The highest BCUT2D eigenvalue weighted by molar-refractivity contribution is 7.89. The molecule has 1 aromatic heterocycles. The van der Waals surface area contributed by atoms with Gasteiger partial charge in [0.1, 0.15) is 12.3 Å². The number of nitrogens with one attached hydrogen (secondary N) is 2. The van der Waals surface area contributed by atoms with E-state index < -0.39 is 10.0 Å². The number of ether oxygens (including phenoxy) is 1. The van der Waals surface area contributed by atoms with Crippen LogP contribution in [-0.2, 0) is 26.2 Å². The van der Waals surface area contributed by atoms with Gasteiger partial charge in [-0.1, -0.05) is 12.8 Å². The lowest BCUT2D eigenvalue weighted by Gasteiger charge is -2.30. The monoisotopic (exact) mass is 489 g/mol. The fraction of sp³-hybridized carbons (Fsp3) is 0.522. The summed E-state index contributed by atoms with van der Waals surface area (Å²) >= 11 is 0. The minimum absolute atomic E-state index is 0.0849. The molecule has 2 fully saturated rings. The van der Waals surface area contributed by atoms with Crippen molar-refractivity contribution in [2.75, 3.05) is 25.5 Å². The predicted octanol–water partition coefficient (Wildman–Crippen LogP) is 1.99. The predicted molar refractivity (Wildman–Crippen MR) is 126 cm³/mol. The maximum absolute atomic E-state index is 12.9. The summed E-state index contributed by atoms with van der Waals surface area (Å²) in [5.41, 5.74) is 0.520. The second kappa shape index (κ2) is 10.6.